The van der Waals surface area contributed by atoms with Gasteiger partial charge in [-0.1, -0.05) is 30.1 Å². The number of nitrogens with one attached hydrogen (secondary N) is 1. The van der Waals surface area contributed by atoms with Crippen LogP contribution in [0.25, 0.3) is 0 Å². The van der Waals surface area contributed by atoms with Crippen LogP contribution in [0.3, 0.4) is 0 Å². The maximum Gasteiger partial charge on any atom is 0.142 e. The first-order valence-electron chi connectivity index (χ1n) is 6.36. The Balaban J connectivity index is 2.09. The third-order valence-electron chi connectivity index (χ3n) is 4.00. The summed E-state index contributed by atoms with van der Waals surface area (Å²) in [6, 6.07) is 2.82. The average Bonchev–Trinajstić information content (AvgIpc) is 3.13. The molecule has 0 bridgehead atoms. The van der Waals surface area contributed by atoms with Crippen molar-refractivity contribution in [3.05, 3.63) is 33.6 Å². The topological polar surface area (TPSA) is 12.0 Å². The molecule has 1 aromatic carbocycles. The minimum atomic E-state index is -0.415. The summed E-state index contributed by atoms with van der Waals surface area (Å²) < 4.78 is 13.5. The van der Waals surface area contributed by atoms with E-state index in [4.69, 9.17) is 23.2 Å². The Bertz CT molecular complexity index is 444. The molecule has 1 saturated carbocycles. The number of rotatable bonds is 5. The zero-order valence-electron chi connectivity index (χ0n) is 10.7. The van der Waals surface area contributed by atoms with Gasteiger partial charge in [0.25, 0.3) is 0 Å². The molecule has 0 aliphatic heterocycles. The lowest BCUT2D eigenvalue weighted by molar-refractivity contribution is 0.414. The van der Waals surface area contributed by atoms with E-state index in [0.717, 1.165) is 6.54 Å². The van der Waals surface area contributed by atoms with Gasteiger partial charge in [-0.25, -0.2) is 4.39 Å². The molecule has 1 unspecified atom stereocenters. The first-order chi connectivity index (χ1) is 8.49. The molecular formula is C14H18Cl2FN. The van der Waals surface area contributed by atoms with Crippen molar-refractivity contribution in [2.45, 2.75) is 39.2 Å². The third-order valence-corrected chi connectivity index (χ3v) is 4.72. The Hall–Kier alpha value is -0.310. The molecule has 1 fully saturated rings. The maximum atomic E-state index is 13.5. The van der Waals surface area contributed by atoms with Gasteiger partial charge in [-0.05, 0) is 43.7 Å². The highest BCUT2D eigenvalue weighted by Crippen LogP contribution is 2.48. The minimum absolute atomic E-state index is 0.0373. The molecule has 1 atom stereocenters. The average molecular weight is 290 g/mol. The molecule has 1 aliphatic carbocycles. The van der Waals surface area contributed by atoms with Gasteiger partial charge in [-0.2, -0.15) is 0 Å². The first-order valence-corrected chi connectivity index (χ1v) is 7.11. The molecule has 1 nitrogen and oxygen atoms in total. The second-order valence-corrected chi connectivity index (χ2v) is 6.00. The highest BCUT2D eigenvalue weighted by Gasteiger charge is 2.40. The highest BCUT2D eigenvalue weighted by atomic mass is 35.5. The van der Waals surface area contributed by atoms with Crippen molar-refractivity contribution in [2.75, 3.05) is 6.54 Å². The summed E-state index contributed by atoms with van der Waals surface area (Å²) >= 11 is 12.1. The fourth-order valence-corrected chi connectivity index (χ4v) is 2.94. The van der Waals surface area contributed by atoms with Crippen LogP contribution >= 0.6 is 23.2 Å². The second-order valence-electron chi connectivity index (χ2n) is 5.21. The quantitative estimate of drug-likeness (QED) is 0.755. The van der Waals surface area contributed by atoms with E-state index < -0.39 is 5.82 Å². The predicted molar refractivity (Wildman–Crippen MR) is 74.8 cm³/mol. The number of benzene rings is 1. The van der Waals surface area contributed by atoms with E-state index >= 15 is 0 Å². The molecule has 0 radical (unpaired) electrons. The summed E-state index contributed by atoms with van der Waals surface area (Å²) in [5, 5.41) is 4.07. The predicted octanol–water partition coefficient (Wildman–Crippen LogP) is 4.97. The van der Waals surface area contributed by atoms with Gasteiger partial charge in [-0.3, -0.25) is 0 Å². The van der Waals surface area contributed by atoms with Crippen LogP contribution in [0.2, 0.25) is 10.0 Å². The van der Waals surface area contributed by atoms with E-state index in [-0.39, 0.29) is 11.1 Å². The zero-order chi connectivity index (χ0) is 13.3. The third kappa shape index (κ3) is 2.81. The maximum absolute atomic E-state index is 13.5. The summed E-state index contributed by atoms with van der Waals surface area (Å²) in [5.41, 5.74) is 1.10. The van der Waals surface area contributed by atoms with Gasteiger partial charge in [-0.15, -0.1) is 0 Å². The number of hydrogen-bond donors (Lipinski definition) is 1. The molecule has 1 aromatic rings. The van der Waals surface area contributed by atoms with Crippen LogP contribution in [0.4, 0.5) is 4.39 Å². The Morgan fingerprint density at radius 1 is 1.39 bits per heavy atom. The Kier molecular flexibility index (Phi) is 4.20. The highest BCUT2D eigenvalue weighted by molar-refractivity contribution is 6.36. The Labute approximate surface area is 118 Å². The molecule has 18 heavy (non-hydrogen) atoms. The van der Waals surface area contributed by atoms with Crippen LogP contribution in [0.5, 0.6) is 0 Å². The molecule has 1 aliphatic rings. The number of hydrogen-bond acceptors (Lipinski definition) is 1. The smallest absolute Gasteiger partial charge is 0.142 e. The fraction of sp³-hybridized carbons (Fsp3) is 0.571. The van der Waals surface area contributed by atoms with Gasteiger partial charge in [0.05, 0.1) is 5.02 Å². The van der Waals surface area contributed by atoms with Crippen LogP contribution < -0.4 is 5.32 Å². The summed E-state index contributed by atoms with van der Waals surface area (Å²) in [7, 11) is 0. The monoisotopic (exact) mass is 289 g/mol. The number of halogens is 3. The van der Waals surface area contributed by atoms with E-state index in [9.17, 15) is 4.39 Å². The van der Waals surface area contributed by atoms with Crippen LogP contribution in [-0.2, 0) is 0 Å². The van der Waals surface area contributed by atoms with Crippen LogP contribution in [0.15, 0.2) is 12.1 Å². The van der Waals surface area contributed by atoms with Gasteiger partial charge < -0.3 is 5.32 Å². The van der Waals surface area contributed by atoms with Gasteiger partial charge in [0.1, 0.15) is 5.82 Å². The van der Waals surface area contributed by atoms with Crippen molar-refractivity contribution >= 4 is 23.2 Å². The lowest BCUT2D eigenvalue weighted by Crippen LogP contribution is -2.27. The van der Waals surface area contributed by atoms with Crippen LogP contribution in [-0.4, -0.2) is 6.54 Å². The molecule has 0 spiro atoms. The normalized spacial score (nSPS) is 18.7. The molecular weight excluding hydrogens is 272 g/mol. The van der Waals surface area contributed by atoms with E-state index in [1.54, 1.807) is 6.07 Å². The van der Waals surface area contributed by atoms with Crippen molar-refractivity contribution in [3.63, 3.8) is 0 Å². The van der Waals surface area contributed by atoms with Crippen molar-refractivity contribution < 1.29 is 4.39 Å². The summed E-state index contributed by atoms with van der Waals surface area (Å²) in [5.74, 6) is -0.415. The van der Waals surface area contributed by atoms with Gasteiger partial charge in [0, 0.05) is 23.2 Å². The van der Waals surface area contributed by atoms with E-state index in [2.05, 4.69) is 12.2 Å². The Morgan fingerprint density at radius 2 is 2.06 bits per heavy atom. The van der Waals surface area contributed by atoms with E-state index in [1.807, 2.05) is 6.92 Å². The zero-order valence-corrected chi connectivity index (χ0v) is 12.2. The molecule has 2 rings (SSSR count). The SMILES string of the molecule is CCC1(CNC(C)c2c(Cl)ccc(F)c2Cl)CC1. The fourth-order valence-electron chi connectivity index (χ4n) is 2.24. The Morgan fingerprint density at radius 3 is 2.61 bits per heavy atom. The molecule has 0 aromatic heterocycles. The lowest BCUT2D eigenvalue weighted by Gasteiger charge is -2.21. The standard InChI is InChI=1S/C14H18Cl2FN/c1-3-14(6-7-14)8-18-9(2)12-10(15)4-5-11(17)13(12)16/h4-5,9,18H,3,6-8H2,1-2H3. The van der Waals surface area contributed by atoms with Gasteiger partial charge >= 0.3 is 0 Å². The largest absolute Gasteiger partial charge is 0.310 e. The first kappa shape index (κ1) is 14.1. The minimum Gasteiger partial charge on any atom is -0.310 e. The van der Waals surface area contributed by atoms with Gasteiger partial charge in [0.15, 0.2) is 0 Å². The van der Waals surface area contributed by atoms with Crippen molar-refractivity contribution in [1.82, 2.24) is 5.32 Å². The molecule has 4 heteroatoms. The molecule has 100 valence electrons. The summed E-state index contributed by atoms with van der Waals surface area (Å²) in [6.45, 7) is 5.12. The van der Waals surface area contributed by atoms with Crippen LogP contribution in [0.1, 0.15) is 44.7 Å². The molecule has 0 saturated heterocycles. The summed E-state index contributed by atoms with van der Waals surface area (Å²) in [4.78, 5) is 0. The second kappa shape index (κ2) is 5.36. The van der Waals surface area contributed by atoms with Gasteiger partial charge in [0.2, 0.25) is 0 Å². The van der Waals surface area contributed by atoms with E-state index in [1.165, 1.54) is 25.3 Å². The molecule has 0 amide bonds. The molecule has 0 heterocycles. The lowest BCUT2D eigenvalue weighted by atomic mass is 10.0. The van der Waals surface area contributed by atoms with E-state index in [0.29, 0.717) is 16.0 Å². The summed E-state index contributed by atoms with van der Waals surface area (Å²) in [6.07, 6.45) is 3.72. The van der Waals surface area contributed by atoms with Crippen molar-refractivity contribution in [1.29, 1.82) is 0 Å². The van der Waals surface area contributed by atoms with Crippen LogP contribution in [0, 0.1) is 11.2 Å². The molecule has 1 N–H and O–H groups in total. The van der Waals surface area contributed by atoms with Crippen molar-refractivity contribution in [3.8, 4) is 0 Å². The van der Waals surface area contributed by atoms with Crippen molar-refractivity contribution in [2.24, 2.45) is 5.41 Å².